The van der Waals surface area contributed by atoms with Crippen molar-refractivity contribution in [1.82, 2.24) is 4.90 Å². The largest absolute Gasteiger partial charge is 0.452 e. The molecule has 2 heterocycles. The van der Waals surface area contributed by atoms with E-state index in [0.717, 1.165) is 38.8 Å². The summed E-state index contributed by atoms with van der Waals surface area (Å²) in [6.07, 6.45) is 5.47. The maximum Gasteiger partial charge on any atom is 0.338 e. The Morgan fingerprint density at radius 1 is 1.00 bits per heavy atom. The van der Waals surface area contributed by atoms with Crippen LogP contribution in [0, 0.1) is 0 Å². The van der Waals surface area contributed by atoms with Crippen molar-refractivity contribution >= 4 is 34.8 Å². The summed E-state index contributed by atoms with van der Waals surface area (Å²) in [5.74, 6) is -0.960. The number of benzene rings is 1. The summed E-state index contributed by atoms with van der Waals surface area (Å²) in [5.41, 5.74) is 0.799. The van der Waals surface area contributed by atoms with Crippen molar-refractivity contribution in [2.45, 2.75) is 32.1 Å². The number of hydrogen-bond acceptors (Lipinski definition) is 5. The topological polar surface area (TPSA) is 75.7 Å². The van der Waals surface area contributed by atoms with E-state index in [9.17, 15) is 14.4 Å². The van der Waals surface area contributed by atoms with Crippen LogP contribution in [0.4, 0.5) is 5.69 Å². The number of rotatable bonds is 5. The predicted octanol–water partition coefficient (Wildman–Crippen LogP) is 3.95. The molecule has 1 saturated heterocycles. The van der Waals surface area contributed by atoms with E-state index in [4.69, 9.17) is 4.74 Å². The summed E-state index contributed by atoms with van der Waals surface area (Å²) in [4.78, 5) is 39.2. The number of nitrogens with zero attached hydrogens (tertiary/aromatic N) is 1. The first kappa shape index (κ1) is 20.1. The first-order chi connectivity index (χ1) is 13.6. The molecular formula is C21H24N2O4S. The van der Waals surface area contributed by atoms with Crippen molar-refractivity contribution in [1.29, 1.82) is 0 Å². The van der Waals surface area contributed by atoms with Crippen molar-refractivity contribution in [2.75, 3.05) is 25.0 Å². The highest BCUT2D eigenvalue weighted by Gasteiger charge is 2.17. The van der Waals surface area contributed by atoms with E-state index in [-0.39, 0.29) is 18.4 Å². The minimum absolute atomic E-state index is 0.155. The summed E-state index contributed by atoms with van der Waals surface area (Å²) in [7, 11) is 0. The first-order valence-electron chi connectivity index (χ1n) is 9.53. The van der Waals surface area contributed by atoms with Gasteiger partial charge in [0.25, 0.3) is 11.8 Å². The zero-order valence-electron chi connectivity index (χ0n) is 15.7. The average molecular weight is 401 g/mol. The second kappa shape index (κ2) is 10.0. The number of nitrogens with one attached hydrogen (secondary N) is 1. The monoisotopic (exact) mass is 400 g/mol. The van der Waals surface area contributed by atoms with Gasteiger partial charge < -0.3 is 15.0 Å². The lowest BCUT2D eigenvalue weighted by Crippen LogP contribution is -2.36. The van der Waals surface area contributed by atoms with E-state index >= 15 is 0 Å². The lowest BCUT2D eigenvalue weighted by atomic mass is 10.1. The van der Waals surface area contributed by atoms with E-state index < -0.39 is 5.97 Å². The number of anilines is 1. The lowest BCUT2D eigenvalue weighted by Gasteiger charge is -2.24. The fraction of sp³-hybridized carbons (Fsp3) is 0.381. The molecule has 0 saturated carbocycles. The van der Waals surface area contributed by atoms with E-state index in [1.165, 1.54) is 17.8 Å². The molecule has 0 aliphatic carbocycles. The Balaban J connectivity index is 1.54. The summed E-state index contributed by atoms with van der Waals surface area (Å²) < 4.78 is 5.21. The standard InChI is InChI=1S/C21H24N2O4S/c24-19(23-11-4-2-1-3-5-12-23)15-27-21(26)16-8-6-9-17(14-16)22-20(25)18-10-7-13-28-18/h6-10,13-14H,1-5,11-12,15H2,(H,22,25). The molecule has 148 valence electrons. The summed E-state index contributed by atoms with van der Waals surface area (Å²) in [5, 5.41) is 4.58. The Kier molecular flexibility index (Phi) is 7.19. The van der Waals surface area contributed by atoms with Crippen LogP contribution in [0.1, 0.15) is 52.1 Å². The highest BCUT2D eigenvalue weighted by Crippen LogP contribution is 2.16. The van der Waals surface area contributed by atoms with E-state index in [2.05, 4.69) is 5.32 Å². The van der Waals surface area contributed by atoms with Gasteiger partial charge in [0.15, 0.2) is 6.61 Å². The molecule has 0 unspecified atom stereocenters. The Morgan fingerprint density at radius 2 is 1.75 bits per heavy atom. The molecule has 1 aliphatic rings. The fourth-order valence-electron chi connectivity index (χ4n) is 3.12. The van der Waals surface area contributed by atoms with Gasteiger partial charge in [-0.25, -0.2) is 4.79 Å². The van der Waals surface area contributed by atoms with Gasteiger partial charge in [-0.3, -0.25) is 9.59 Å². The maximum absolute atomic E-state index is 12.3. The number of esters is 1. The predicted molar refractivity (Wildman–Crippen MR) is 109 cm³/mol. The van der Waals surface area contributed by atoms with E-state index in [0.29, 0.717) is 16.1 Å². The van der Waals surface area contributed by atoms with Crippen LogP contribution >= 0.6 is 11.3 Å². The van der Waals surface area contributed by atoms with E-state index in [1.807, 2.05) is 5.38 Å². The molecule has 3 rings (SSSR count). The fourth-order valence-corrected chi connectivity index (χ4v) is 3.74. The minimum Gasteiger partial charge on any atom is -0.452 e. The summed E-state index contributed by atoms with van der Waals surface area (Å²) in [6, 6.07) is 10.1. The molecule has 1 aliphatic heterocycles. The van der Waals surface area contributed by atoms with Crippen LogP contribution in [-0.2, 0) is 9.53 Å². The van der Waals surface area contributed by atoms with Crippen molar-refractivity contribution < 1.29 is 19.1 Å². The third-order valence-electron chi connectivity index (χ3n) is 4.64. The summed E-state index contributed by atoms with van der Waals surface area (Å²) >= 11 is 1.34. The SMILES string of the molecule is O=C(OCC(=O)N1CCCCCCC1)c1cccc(NC(=O)c2cccs2)c1. The average Bonchev–Trinajstić information content (AvgIpc) is 3.21. The van der Waals surface area contributed by atoms with Gasteiger partial charge in [-0.1, -0.05) is 31.4 Å². The van der Waals surface area contributed by atoms with Crippen molar-refractivity contribution in [3.05, 3.63) is 52.2 Å². The number of thiophene rings is 1. The van der Waals surface area contributed by atoms with Crippen LogP contribution in [0.25, 0.3) is 0 Å². The molecule has 7 heteroatoms. The van der Waals surface area contributed by atoms with Crippen molar-refractivity contribution in [3.8, 4) is 0 Å². The zero-order chi connectivity index (χ0) is 19.8. The van der Waals surface area contributed by atoms with Gasteiger partial charge in [-0.2, -0.15) is 0 Å². The van der Waals surface area contributed by atoms with E-state index in [1.54, 1.807) is 41.3 Å². The Labute approximate surface area is 168 Å². The normalized spacial score (nSPS) is 14.6. The molecule has 0 atom stereocenters. The molecule has 0 spiro atoms. The molecule has 1 N–H and O–H groups in total. The number of carbonyl (C=O) groups excluding carboxylic acids is 3. The van der Waals surface area contributed by atoms with Crippen LogP contribution in [0.3, 0.4) is 0 Å². The molecule has 6 nitrogen and oxygen atoms in total. The molecule has 1 aromatic carbocycles. The maximum atomic E-state index is 12.3. The molecule has 2 amide bonds. The minimum atomic E-state index is -0.576. The molecular weight excluding hydrogens is 376 g/mol. The van der Waals surface area contributed by atoms with Crippen LogP contribution in [-0.4, -0.2) is 42.4 Å². The molecule has 1 aromatic heterocycles. The van der Waals surface area contributed by atoms with Crippen molar-refractivity contribution in [2.24, 2.45) is 0 Å². The lowest BCUT2D eigenvalue weighted by molar-refractivity contribution is -0.134. The van der Waals surface area contributed by atoms with Gasteiger partial charge in [-0.05, 0) is 42.5 Å². The van der Waals surface area contributed by atoms with Gasteiger partial charge in [0.1, 0.15) is 0 Å². The number of carbonyl (C=O) groups is 3. The number of ether oxygens (including phenoxy) is 1. The third-order valence-corrected chi connectivity index (χ3v) is 5.51. The molecule has 2 aromatic rings. The number of amides is 2. The Bertz CT molecular complexity index is 812. The molecule has 1 fully saturated rings. The van der Waals surface area contributed by atoms with Gasteiger partial charge in [0, 0.05) is 18.8 Å². The Hall–Kier alpha value is -2.67. The smallest absolute Gasteiger partial charge is 0.338 e. The molecule has 0 bridgehead atoms. The van der Waals surface area contributed by atoms with Gasteiger partial charge in [-0.15, -0.1) is 11.3 Å². The quantitative estimate of drug-likeness (QED) is 0.771. The molecule has 0 radical (unpaired) electrons. The zero-order valence-corrected chi connectivity index (χ0v) is 16.5. The van der Waals surface area contributed by atoms with Crippen LogP contribution in [0.15, 0.2) is 41.8 Å². The second-order valence-electron chi connectivity index (χ2n) is 6.74. The second-order valence-corrected chi connectivity index (χ2v) is 7.68. The first-order valence-corrected chi connectivity index (χ1v) is 10.4. The van der Waals surface area contributed by atoms with Crippen LogP contribution in [0.5, 0.6) is 0 Å². The highest BCUT2D eigenvalue weighted by molar-refractivity contribution is 7.12. The third kappa shape index (κ3) is 5.66. The summed E-state index contributed by atoms with van der Waals surface area (Å²) in [6.45, 7) is 1.19. The highest BCUT2D eigenvalue weighted by atomic mass is 32.1. The van der Waals surface area contributed by atoms with Gasteiger partial charge in [0.05, 0.1) is 10.4 Å². The van der Waals surface area contributed by atoms with Crippen LogP contribution < -0.4 is 5.32 Å². The van der Waals surface area contributed by atoms with Crippen molar-refractivity contribution in [3.63, 3.8) is 0 Å². The molecule has 28 heavy (non-hydrogen) atoms. The number of likely N-dealkylation sites (tertiary alicyclic amines) is 1. The van der Waals surface area contributed by atoms with Crippen LogP contribution in [0.2, 0.25) is 0 Å². The van der Waals surface area contributed by atoms with Gasteiger partial charge in [0.2, 0.25) is 0 Å². The number of hydrogen-bond donors (Lipinski definition) is 1. The Morgan fingerprint density at radius 3 is 2.46 bits per heavy atom. The van der Waals surface area contributed by atoms with Gasteiger partial charge >= 0.3 is 5.97 Å².